The molecule has 0 radical (unpaired) electrons. The Balaban J connectivity index is 2.13. The Kier molecular flexibility index (Phi) is 3.28. The Morgan fingerprint density at radius 3 is 2.65 bits per heavy atom. The van der Waals surface area contributed by atoms with E-state index in [1.165, 1.54) is 6.07 Å². The highest BCUT2D eigenvalue weighted by Gasteiger charge is 2.07. The number of aryl methyl sites for hydroxylation is 1. The normalized spacial score (nSPS) is 10.2. The average molecular weight is 231 g/mol. The van der Waals surface area contributed by atoms with Crippen LogP contribution in [0, 0.1) is 12.7 Å². The highest BCUT2D eigenvalue weighted by Crippen LogP contribution is 2.25. The monoisotopic (exact) mass is 231 g/mol. The van der Waals surface area contributed by atoms with Crippen LogP contribution in [-0.4, -0.2) is 0 Å². The summed E-state index contributed by atoms with van der Waals surface area (Å²) >= 11 is 0. The van der Waals surface area contributed by atoms with E-state index in [0.717, 1.165) is 11.1 Å². The molecule has 0 aliphatic rings. The van der Waals surface area contributed by atoms with Gasteiger partial charge in [0.2, 0.25) is 0 Å². The van der Waals surface area contributed by atoms with Crippen LogP contribution in [0.25, 0.3) is 0 Å². The lowest BCUT2D eigenvalue weighted by Gasteiger charge is -2.10. The van der Waals surface area contributed by atoms with E-state index in [1.807, 2.05) is 31.2 Å². The number of nitrogens with two attached hydrogens (primary N) is 1. The predicted octanol–water partition coefficient (Wildman–Crippen LogP) is 3.30. The van der Waals surface area contributed by atoms with Crippen LogP contribution < -0.4 is 10.5 Å². The fourth-order valence-corrected chi connectivity index (χ4v) is 1.64. The maximum absolute atomic E-state index is 13.4. The van der Waals surface area contributed by atoms with Crippen molar-refractivity contribution in [2.24, 2.45) is 0 Å². The number of halogens is 1. The number of para-hydroxylation sites is 1. The third-order valence-electron chi connectivity index (χ3n) is 2.46. The molecule has 17 heavy (non-hydrogen) atoms. The summed E-state index contributed by atoms with van der Waals surface area (Å²) in [6.45, 7) is 2.31. The summed E-state index contributed by atoms with van der Waals surface area (Å²) in [5, 5.41) is 0. The van der Waals surface area contributed by atoms with E-state index in [-0.39, 0.29) is 5.75 Å². The maximum atomic E-state index is 13.4. The third kappa shape index (κ3) is 2.75. The van der Waals surface area contributed by atoms with Crippen molar-refractivity contribution in [3.05, 3.63) is 59.4 Å². The van der Waals surface area contributed by atoms with Gasteiger partial charge in [0, 0.05) is 0 Å². The summed E-state index contributed by atoms with van der Waals surface area (Å²) in [5.41, 5.74) is 8.11. The standard InChI is InChI=1S/C14H14FNO/c1-10-4-2-5-11(8-10)9-17-14-12(15)6-3-7-13(14)16/h2-8H,9,16H2,1H3. The van der Waals surface area contributed by atoms with Gasteiger partial charge in [-0.25, -0.2) is 4.39 Å². The first-order valence-electron chi connectivity index (χ1n) is 5.39. The Morgan fingerprint density at radius 1 is 1.18 bits per heavy atom. The quantitative estimate of drug-likeness (QED) is 0.822. The summed E-state index contributed by atoms with van der Waals surface area (Å²) < 4.78 is 18.8. The second kappa shape index (κ2) is 4.87. The first-order valence-corrected chi connectivity index (χ1v) is 5.39. The predicted molar refractivity (Wildman–Crippen MR) is 66.3 cm³/mol. The summed E-state index contributed by atoms with van der Waals surface area (Å²) in [6.07, 6.45) is 0. The second-order valence-corrected chi connectivity index (χ2v) is 3.94. The van der Waals surface area contributed by atoms with Crippen molar-refractivity contribution >= 4 is 5.69 Å². The van der Waals surface area contributed by atoms with Crippen molar-refractivity contribution < 1.29 is 9.13 Å². The molecule has 2 aromatic carbocycles. The van der Waals surface area contributed by atoms with Crippen molar-refractivity contribution in [2.45, 2.75) is 13.5 Å². The minimum Gasteiger partial charge on any atom is -0.484 e. The molecule has 0 unspecified atom stereocenters. The Labute approximate surface area is 99.8 Å². The molecule has 2 aromatic rings. The number of hydrogen-bond donors (Lipinski definition) is 1. The van der Waals surface area contributed by atoms with Crippen LogP contribution in [-0.2, 0) is 6.61 Å². The van der Waals surface area contributed by atoms with Crippen LogP contribution in [0.15, 0.2) is 42.5 Å². The molecule has 0 saturated carbocycles. The third-order valence-corrected chi connectivity index (χ3v) is 2.46. The van der Waals surface area contributed by atoms with E-state index >= 15 is 0 Å². The van der Waals surface area contributed by atoms with E-state index in [1.54, 1.807) is 12.1 Å². The van der Waals surface area contributed by atoms with E-state index in [4.69, 9.17) is 10.5 Å². The second-order valence-electron chi connectivity index (χ2n) is 3.94. The summed E-state index contributed by atoms with van der Waals surface area (Å²) in [4.78, 5) is 0. The minimum absolute atomic E-state index is 0.119. The van der Waals surface area contributed by atoms with Gasteiger partial charge in [-0.2, -0.15) is 0 Å². The number of nitrogen functional groups attached to an aromatic ring is 1. The fourth-order valence-electron chi connectivity index (χ4n) is 1.64. The topological polar surface area (TPSA) is 35.2 Å². The van der Waals surface area contributed by atoms with Crippen molar-refractivity contribution in [1.82, 2.24) is 0 Å². The lowest BCUT2D eigenvalue weighted by molar-refractivity contribution is 0.292. The summed E-state index contributed by atoms with van der Waals surface area (Å²) in [7, 11) is 0. The van der Waals surface area contributed by atoms with E-state index in [0.29, 0.717) is 12.3 Å². The highest BCUT2D eigenvalue weighted by atomic mass is 19.1. The molecule has 0 aromatic heterocycles. The first-order chi connectivity index (χ1) is 8.16. The summed E-state index contributed by atoms with van der Waals surface area (Å²) in [5.74, 6) is -0.313. The van der Waals surface area contributed by atoms with Crippen LogP contribution in [0.4, 0.5) is 10.1 Å². The number of rotatable bonds is 3. The van der Waals surface area contributed by atoms with Crippen molar-refractivity contribution in [3.63, 3.8) is 0 Å². The SMILES string of the molecule is Cc1cccc(COc2c(N)cccc2F)c1. The number of hydrogen-bond acceptors (Lipinski definition) is 2. The average Bonchev–Trinajstić information content (AvgIpc) is 2.28. The van der Waals surface area contributed by atoms with E-state index in [9.17, 15) is 4.39 Å². The zero-order valence-electron chi connectivity index (χ0n) is 9.61. The van der Waals surface area contributed by atoms with Crippen molar-refractivity contribution in [2.75, 3.05) is 5.73 Å². The van der Waals surface area contributed by atoms with Gasteiger partial charge in [-0.05, 0) is 24.6 Å². The Morgan fingerprint density at radius 2 is 1.94 bits per heavy atom. The molecule has 2 nitrogen and oxygen atoms in total. The van der Waals surface area contributed by atoms with Crippen LogP contribution >= 0.6 is 0 Å². The molecule has 2 rings (SSSR count). The van der Waals surface area contributed by atoms with Crippen LogP contribution in [0.1, 0.15) is 11.1 Å². The molecule has 0 spiro atoms. The summed E-state index contributed by atoms with van der Waals surface area (Å²) in [6, 6.07) is 12.4. The van der Waals surface area contributed by atoms with Crippen LogP contribution in [0.5, 0.6) is 5.75 Å². The molecule has 0 saturated heterocycles. The minimum atomic E-state index is -0.433. The van der Waals surface area contributed by atoms with Gasteiger partial charge < -0.3 is 10.5 Å². The first kappa shape index (κ1) is 11.5. The highest BCUT2D eigenvalue weighted by molar-refractivity contribution is 5.52. The van der Waals surface area contributed by atoms with Crippen LogP contribution in [0.2, 0.25) is 0 Å². The van der Waals surface area contributed by atoms with Gasteiger partial charge in [-0.15, -0.1) is 0 Å². The smallest absolute Gasteiger partial charge is 0.178 e. The Bertz CT molecular complexity index is 505. The van der Waals surface area contributed by atoms with Gasteiger partial charge in [-0.1, -0.05) is 35.9 Å². The molecular weight excluding hydrogens is 217 g/mol. The van der Waals surface area contributed by atoms with Gasteiger partial charge in [0.1, 0.15) is 6.61 Å². The molecule has 0 aliphatic heterocycles. The van der Waals surface area contributed by atoms with Gasteiger partial charge in [0.25, 0.3) is 0 Å². The van der Waals surface area contributed by atoms with Gasteiger partial charge in [-0.3, -0.25) is 0 Å². The molecule has 88 valence electrons. The molecule has 0 amide bonds. The van der Waals surface area contributed by atoms with E-state index in [2.05, 4.69) is 0 Å². The lowest BCUT2D eigenvalue weighted by Crippen LogP contribution is -2.01. The fraction of sp³-hybridized carbons (Fsp3) is 0.143. The molecule has 0 fully saturated rings. The van der Waals surface area contributed by atoms with Crippen molar-refractivity contribution in [1.29, 1.82) is 0 Å². The van der Waals surface area contributed by atoms with Gasteiger partial charge >= 0.3 is 0 Å². The van der Waals surface area contributed by atoms with Gasteiger partial charge in [0.05, 0.1) is 5.69 Å². The van der Waals surface area contributed by atoms with Gasteiger partial charge in [0.15, 0.2) is 11.6 Å². The largest absolute Gasteiger partial charge is 0.484 e. The number of benzene rings is 2. The molecule has 3 heteroatoms. The molecule has 0 atom stereocenters. The molecule has 0 heterocycles. The van der Waals surface area contributed by atoms with Crippen molar-refractivity contribution in [3.8, 4) is 5.75 Å². The maximum Gasteiger partial charge on any atom is 0.178 e. The number of ether oxygens (including phenoxy) is 1. The van der Waals surface area contributed by atoms with E-state index < -0.39 is 5.82 Å². The zero-order valence-corrected chi connectivity index (χ0v) is 9.61. The number of anilines is 1. The zero-order chi connectivity index (χ0) is 12.3. The molecular formula is C14H14FNO. The molecule has 0 bridgehead atoms. The lowest BCUT2D eigenvalue weighted by atomic mass is 10.1. The molecule has 2 N–H and O–H groups in total. The Hall–Kier alpha value is -2.03. The molecule has 0 aliphatic carbocycles. The van der Waals surface area contributed by atoms with Crippen LogP contribution in [0.3, 0.4) is 0 Å².